The zero-order valence-electron chi connectivity index (χ0n) is 32.3. The first-order valence-corrected chi connectivity index (χ1v) is 20.8. The van der Waals surface area contributed by atoms with E-state index in [0.29, 0.717) is 56.3 Å². The van der Waals surface area contributed by atoms with Crippen molar-refractivity contribution in [3.8, 4) is 11.5 Å². The number of unbranched alkanes of at least 4 members (excludes halogenated alkanes) is 22. The summed E-state index contributed by atoms with van der Waals surface area (Å²) in [6, 6.07) is 5.47. The minimum absolute atomic E-state index is 0.0445. The van der Waals surface area contributed by atoms with Gasteiger partial charge in [0.15, 0.2) is 6.29 Å². The average Bonchev–Trinajstić information content (AvgIpc) is 3.12. The lowest BCUT2D eigenvalue weighted by molar-refractivity contribution is -0.144. The summed E-state index contributed by atoms with van der Waals surface area (Å²) >= 11 is 0. The highest BCUT2D eigenvalue weighted by molar-refractivity contribution is 5.80. The SMILES string of the molecule is CCCCCCCCCC(=O)OCCCCCCCCOc1ccc(OCCCCCCCCOC(=O)CCCCCCCCC)c(C=O)c1. The van der Waals surface area contributed by atoms with Gasteiger partial charge >= 0.3 is 11.9 Å². The number of carbonyl (C=O) groups is 3. The Morgan fingerprint density at radius 3 is 1.30 bits per heavy atom. The zero-order chi connectivity index (χ0) is 36.2. The number of hydrogen-bond donors (Lipinski definition) is 0. The van der Waals surface area contributed by atoms with Gasteiger partial charge in [0.2, 0.25) is 0 Å². The summed E-state index contributed by atoms with van der Waals surface area (Å²) in [6.07, 6.45) is 31.5. The molecule has 0 heterocycles. The van der Waals surface area contributed by atoms with Crippen LogP contribution in [0.2, 0.25) is 0 Å². The molecule has 0 aromatic heterocycles. The normalized spacial score (nSPS) is 11.0. The fourth-order valence-corrected chi connectivity index (χ4v) is 6.00. The number of rotatable bonds is 37. The second-order valence-corrected chi connectivity index (χ2v) is 13.9. The Balaban J connectivity index is 1.97. The molecule has 0 N–H and O–H groups in total. The van der Waals surface area contributed by atoms with E-state index >= 15 is 0 Å². The summed E-state index contributed by atoms with van der Waals surface area (Å²) in [7, 11) is 0. The van der Waals surface area contributed by atoms with Crippen LogP contribution in [0, 0.1) is 0 Å². The van der Waals surface area contributed by atoms with Gasteiger partial charge in [0.1, 0.15) is 11.5 Å². The van der Waals surface area contributed by atoms with E-state index in [1.807, 2.05) is 12.1 Å². The number of aldehydes is 1. The van der Waals surface area contributed by atoms with Crippen molar-refractivity contribution < 1.29 is 33.3 Å². The van der Waals surface area contributed by atoms with Gasteiger partial charge in [-0.1, -0.05) is 142 Å². The summed E-state index contributed by atoms with van der Waals surface area (Å²) in [6.45, 7) is 6.73. The molecule has 0 aliphatic rings. The Kier molecular flexibility index (Phi) is 31.7. The molecule has 1 rings (SSSR count). The smallest absolute Gasteiger partial charge is 0.305 e. The quantitative estimate of drug-likeness (QED) is 0.0387. The highest BCUT2D eigenvalue weighted by Gasteiger charge is 2.07. The van der Waals surface area contributed by atoms with Gasteiger partial charge in [-0.05, 0) is 56.7 Å². The first-order valence-electron chi connectivity index (χ1n) is 20.8. The van der Waals surface area contributed by atoms with Crippen LogP contribution in [0.1, 0.15) is 204 Å². The summed E-state index contributed by atoms with van der Waals surface area (Å²) < 4.78 is 22.5. The van der Waals surface area contributed by atoms with Gasteiger partial charge in [-0.25, -0.2) is 0 Å². The molecule has 288 valence electrons. The van der Waals surface area contributed by atoms with E-state index in [0.717, 1.165) is 109 Å². The van der Waals surface area contributed by atoms with Gasteiger partial charge in [0.05, 0.1) is 32.0 Å². The summed E-state index contributed by atoms with van der Waals surface area (Å²) in [5.74, 6) is 1.21. The number of benzene rings is 1. The monoisotopic (exact) mass is 703 g/mol. The summed E-state index contributed by atoms with van der Waals surface area (Å²) in [5.41, 5.74) is 0.520. The molecule has 0 aliphatic carbocycles. The number of hydrogen-bond acceptors (Lipinski definition) is 7. The maximum Gasteiger partial charge on any atom is 0.305 e. The molecule has 0 radical (unpaired) electrons. The highest BCUT2D eigenvalue weighted by Crippen LogP contribution is 2.24. The van der Waals surface area contributed by atoms with Gasteiger partial charge < -0.3 is 18.9 Å². The van der Waals surface area contributed by atoms with Crippen molar-refractivity contribution in [2.45, 2.75) is 194 Å². The molecule has 0 fully saturated rings. The highest BCUT2D eigenvalue weighted by atomic mass is 16.5. The molecule has 0 unspecified atom stereocenters. The standard InChI is InChI=1S/C43H74O7/c1-3-5-7-9-11-17-23-29-42(45)49-35-27-21-15-13-19-25-33-47-40-31-32-41(39(37-40)38-44)48-34-26-20-14-16-22-28-36-50-43(46)30-24-18-12-10-8-6-4-2/h31-32,37-38H,3-30,33-36H2,1-2H3. The largest absolute Gasteiger partial charge is 0.494 e. The molecule has 7 heteroatoms. The van der Waals surface area contributed by atoms with Crippen molar-refractivity contribution in [1.29, 1.82) is 0 Å². The number of ether oxygens (including phenoxy) is 4. The van der Waals surface area contributed by atoms with Gasteiger partial charge in [-0.3, -0.25) is 14.4 Å². The maximum atomic E-state index is 11.9. The third-order valence-electron chi connectivity index (χ3n) is 9.21. The van der Waals surface area contributed by atoms with Gasteiger partial charge in [-0.15, -0.1) is 0 Å². The Morgan fingerprint density at radius 1 is 0.480 bits per heavy atom. The van der Waals surface area contributed by atoms with Gasteiger partial charge in [-0.2, -0.15) is 0 Å². The van der Waals surface area contributed by atoms with Crippen LogP contribution in [-0.4, -0.2) is 44.7 Å². The van der Waals surface area contributed by atoms with Crippen molar-refractivity contribution in [2.24, 2.45) is 0 Å². The minimum atomic E-state index is -0.0473. The van der Waals surface area contributed by atoms with Crippen LogP contribution in [0.5, 0.6) is 11.5 Å². The number of esters is 2. The lowest BCUT2D eigenvalue weighted by atomic mass is 10.1. The van der Waals surface area contributed by atoms with Crippen LogP contribution in [-0.2, 0) is 19.1 Å². The van der Waals surface area contributed by atoms with Crippen molar-refractivity contribution in [2.75, 3.05) is 26.4 Å². The Bertz CT molecular complexity index is 947. The Labute approximate surface area is 306 Å². The van der Waals surface area contributed by atoms with E-state index in [-0.39, 0.29) is 11.9 Å². The molecule has 1 aromatic rings. The van der Waals surface area contributed by atoms with E-state index in [2.05, 4.69) is 13.8 Å². The van der Waals surface area contributed by atoms with E-state index in [4.69, 9.17) is 18.9 Å². The molecule has 0 bridgehead atoms. The molecule has 0 aliphatic heterocycles. The summed E-state index contributed by atoms with van der Waals surface area (Å²) in [4.78, 5) is 35.4. The molecular weight excluding hydrogens is 628 g/mol. The third kappa shape index (κ3) is 28.2. The predicted octanol–water partition coefficient (Wildman–Crippen LogP) is 12.3. The summed E-state index contributed by atoms with van der Waals surface area (Å²) in [5, 5.41) is 0. The first kappa shape index (κ1) is 45.5. The van der Waals surface area contributed by atoms with Crippen molar-refractivity contribution in [3.63, 3.8) is 0 Å². The Morgan fingerprint density at radius 2 is 0.860 bits per heavy atom. The molecule has 0 atom stereocenters. The van der Waals surface area contributed by atoms with E-state index < -0.39 is 0 Å². The van der Waals surface area contributed by atoms with Crippen LogP contribution in [0.4, 0.5) is 0 Å². The average molecular weight is 703 g/mol. The Hall–Kier alpha value is -2.57. The molecule has 1 aromatic carbocycles. The fraction of sp³-hybridized carbons (Fsp3) is 0.791. The van der Waals surface area contributed by atoms with Crippen molar-refractivity contribution in [3.05, 3.63) is 23.8 Å². The fourth-order valence-electron chi connectivity index (χ4n) is 6.00. The van der Waals surface area contributed by atoms with Crippen LogP contribution in [0.25, 0.3) is 0 Å². The van der Waals surface area contributed by atoms with E-state index in [9.17, 15) is 14.4 Å². The molecule has 7 nitrogen and oxygen atoms in total. The molecule has 0 amide bonds. The van der Waals surface area contributed by atoms with Crippen molar-refractivity contribution in [1.82, 2.24) is 0 Å². The second kappa shape index (κ2) is 34.9. The van der Waals surface area contributed by atoms with Gasteiger partial charge in [0.25, 0.3) is 0 Å². The molecular formula is C43H74O7. The third-order valence-corrected chi connectivity index (χ3v) is 9.21. The lowest BCUT2D eigenvalue weighted by Crippen LogP contribution is -2.05. The zero-order valence-corrected chi connectivity index (χ0v) is 32.3. The predicted molar refractivity (Wildman–Crippen MR) is 205 cm³/mol. The topological polar surface area (TPSA) is 88.1 Å². The van der Waals surface area contributed by atoms with Crippen LogP contribution < -0.4 is 9.47 Å². The van der Waals surface area contributed by atoms with Crippen molar-refractivity contribution >= 4 is 18.2 Å². The van der Waals surface area contributed by atoms with E-state index in [1.54, 1.807) is 6.07 Å². The number of carbonyl (C=O) groups excluding carboxylic acids is 3. The van der Waals surface area contributed by atoms with Gasteiger partial charge in [0, 0.05) is 12.8 Å². The first-order chi connectivity index (χ1) is 24.6. The molecule has 0 spiro atoms. The lowest BCUT2D eigenvalue weighted by Gasteiger charge is -2.11. The maximum absolute atomic E-state index is 11.9. The van der Waals surface area contributed by atoms with Crippen LogP contribution >= 0.6 is 0 Å². The molecule has 0 saturated carbocycles. The van der Waals surface area contributed by atoms with Crippen LogP contribution in [0.3, 0.4) is 0 Å². The van der Waals surface area contributed by atoms with Crippen LogP contribution in [0.15, 0.2) is 18.2 Å². The minimum Gasteiger partial charge on any atom is -0.494 e. The molecule has 50 heavy (non-hydrogen) atoms. The second-order valence-electron chi connectivity index (χ2n) is 13.9. The molecule has 0 saturated heterocycles. The van der Waals surface area contributed by atoms with E-state index in [1.165, 1.54) is 64.2 Å².